The number of hydrogen-bond acceptors (Lipinski definition) is 4. The molecular formula is C18H20F2N2O4S. The topological polar surface area (TPSA) is 75.7 Å². The van der Waals surface area contributed by atoms with Crippen molar-refractivity contribution in [3.63, 3.8) is 0 Å². The number of nitrogens with one attached hydrogen (secondary N) is 1. The lowest BCUT2D eigenvalue weighted by Crippen LogP contribution is -2.47. The summed E-state index contributed by atoms with van der Waals surface area (Å²) in [6, 6.07) is 8.51. The lowest BCUT2D eigenvalue weighted by atomic mass is 10.2. The molecule has 1 amide bonds. The van der Waals surface area contributed by atoms with Gasteiger partial charge in [0, 0.05) is 18.2 Å². The molecule has 2 aromatic rings. The molecule has 0 fully saturated rings. The Labute approximate surface area is 156 Å². The number of benzene rings is 2. The number of para-hydroxylation sites is 1. The van der Waals surface area contributed by atoms with E-state index in [0.29, 0.717) is 11.3 Å². The highest BCUT2D eigenvalue weighted by atomic mass is 32.2. The molecule has 1 atom stereocenters. The van der Waals surface area contributed by atoms with E-state index >= 15 is 0 Å². The van der Waals surface area contributed by atoms with E-state index in [0.717, 1.165) is 28.8 Å². The second-order valence-corrected chi connectivity index (χ2v) is 7.72. The Kier molecular flexibility index (Phi) is 6.37. The minimum absolute atomic E-state index is 0.114. The first-order valence-corrected chi connectivity index (χ1v) is 9.84. The van der Waals surface area contributed by atoms with Crippen molar-refractivity contribution in [3.8, 4) is 5.75 Å². The normalized spacial score (nSPS) is 12.3. The Bertz CT molecular complexity index is 935. The van der Waals surface area contributed by atoms with E-state index in [-0.39, 0.29) is 12.2 Å². The van der Waals surface area contributed by atoms with E-state index in [1.807, 2.05) is 0 Å². The van der Waals surface area contributed by atoms with Crippen molar-refractivity contribution in [2.24, 2.45) is 0 Å². The third-order valence-electron chi connectivity index (χ3n) is 3.89. The third kappa shape index (κ3) is 4.94. The minimum atomic E-state index is -3.93. The van der Waals surface area contributed by atoms with Crippen LogP contribution in [0.3, 0.4) is 0 Å². The summed E-state index contributed by atoms with van der Waals surface area (Å²) < 4.78 is 57.0. The molecule has 1 N–H and O–H groups in total. The smallest absolute Gasteiger partial charge is 0.243 e. The third-order valence-corrected chi connectivity index (χ3v) is 5.13. The van der Waals surface area contributed by atoms with Gasteiger partial charge >= 0.3 is 0 Å². The molecule has 6 nitrogen and oxygen atoms in total. The van der Waals surface area contributed by atoms with Crippen LogP contribution in [0, 0.1) is 11.6 Å². The van der Waals surface area contributed by atoms with E-state index in [9.17, 15) is 22.0 Å². The molecule has 27 heavy (non-hydrogen) atoms. The van der Waals surface area contributed by atoms with Crippen LogP contribution in [-0.4, -0.2) is 33.7 Å². The fourth-order valence-electron chi connectivity index (χ4n) is 2.61. The first-order valence-electron chi connectivity index (χ1n) is 7.99. The van der Waals surface area contributed by atoms with E-state index in [2.05, 4.69) is 5.32 Å². The molecule has 146 valence electrons. The molecule has 0 aliphatic heterocycles. The number of amides is 1. The van der Waals surface area contributed by atoms with E-state index in [1.54, 1.807) is 24.3 Å². The van der Waals surface area contributed by atoms with Gasteiger partial charge in [-0.15, -0.1) is 0 Å². The van der Waals surface area contributed by atoms with Gasteiger partial charge in [-0.05, 0) is 25.1 Å². The number of rotatable bonds is 7. The highest BCUT2D eigenvalue weighted by molar-refractivity contribution is 7.92. The zero-order valence-electron chi connectivity index (χ0n) is 15.1. The fraction of sp³-hybridized carbons (Fsp3) is 0.278. The number of sulfonamides is 1. The SMILES string of the molecule is COc1ccccc1CNC(=O)[C@H](C)N(c1ccc(F)c(F)c1)S(C)(=O)=O. The Hall–Kier alpha value is -2.68. The molecule has 0 saturated carbocycles. The summed E-state index contributed by atoms with van der Waals surface area (Å²) in [6.07, 6.45) is 0.887. The van der Waals surface area contributed by atoms with Gasteiger partial charge in [-0.25, -0.2) is 17.2 Å². The van der Waals surface area contributed by atoms with Gasteiger partial charge in [0.05, 0.1) is 19.1 Å². The summed E-state index contributed by atoms with van der Waals surface area (Å²) in [7, 11) is -2.43. The average molecular weight is 398 g/mol. The van der Waals surface area contributed by atoms with Crippen molar-refractivity contribution in [3.05, 3.63) is 59.7 Å². The van der Waals surface area contributed by atoms with E-state index < -0.39 is 33.6 Å². The standard InChI is InChI=1S/C18H20F2N2O4S/c1-12(18(23)21-11-13-6-4-5-7-17(13)26-2)22(27(3,24)25)14-8-9-15(19)16(20)10-14/h4-10,12H,11H2,1-3H3,(H,21,23)/t12-/m0/s1. The van der Waals surface area contributed by atoms with Gasteiger partial charge in [-0.1, -0.05) is 18.2 Å². The van der Waals surface area contributed by atoms with Crippen molar-refractivity contribution in [1.82, 2.24) is 5.32 Å². The average Bonchev–Trinajstić information content (AvgIpc) is 2.61. The second-order valence-electron chi connectivity index (χ2n) is 5.86. The molecular weight excluding hydrogens is 378 g/mol. The van der Waals surface area contributed by atoms with Gasteiger partial charge in [0.15, 0.2) is 11.6 Å². The number of carbonyl (C=O) groups is 1. The summed E-state index contributed by atoms with van der Waals surface area (Å²) in [6.45, 7) is 1.47. The zero-order valence-corrected chi connectivity index (χ0v) is 15.9. The van der Waals surface area contributed by atoms with Crippen LogP contribution in [0.1, 0.15) is 12.5 Å². The Balaban J connectivity index is 2.23. The zero-order chi connectivity index (χ0) is 20.2. The summed E-state index contributed by atoms with van der Waals surface area (Å²) in [5.41, 5.74) is 0.565. The highest BCUT2D eigenvalue weighted by Crippen LogP contribution is 2.23. The van der Waals surface area contributed by atoms with Gasteiger partial charge in [0.2, 0.25) is 15.9 Å². The van der Waals surface area contributed by atoms with Crippen molar-refractivity contribution in [2.75, 3.05) is 17.7 Å². The predicted octanol–water partition coefficient (Wildman–Crippen LogP) is 2.44. The highest BCUT2D eigenvalue weighted by Gasteiger charge is 2.29. The maximum Gasteiger partial charge on any atom is 0.243 e. The summed E-state index contributed by atoms with van der Waals surface area (Å²) in [5.74, 6) is -2.34. The first-order chi connectivity index (χ1) is 12.6. The number of carbonyl (C=O) groups excluding carboxylic acids is 1. The van der Waals surface area contributed by atoms with Crippen LogP contribution >= 0.6 is 0 Å². The van der Waals surface area contributed by atoms with Crippen LogP contribution in [0.25, 0.3) is 0 Å². The van der Waals surface area contributed by atoms with Gasteiger partial charge < -0.3 is 10.1 Å². The van der Waals surface area contributed by atoms with Gasteiger partial charge in [0.1, 0.15) is 11.8 Å². The fourth-order valence-corrected chi connectivity index (χ4v) is 3.78. The molecule has 0 bridgehead atoms. The van der Waals surface area contributed by atoms with Crippen LogP contribution < -0.4 is 14.4 Å². The molecule has 0 radical (unpaired) electrons. The van der Waals surface area contributed by atoms with Gasteiger partial charge in [-0.3, -0.25) is 9.10 Å². The number of nitrogens with zero attached hydrogens (tertiary/aromatic N) is 1. The van der Waals surface area contributed by atoms with Crippen LogP contribution in [0.5, 0.6) is 5.75 Å². The lowest BCUT2D eigenvalue weighted by molar-refractivity contribution is -0.122. The van der Waals surface area contributed by atoms with Crippen LogP contribution in [0.4, 0.5) is 14.5 Å². The molecule has 0 spiro atoms. The maximum atomic E-state index is 13.5. The number of methoxy groups -OCH3 is 1. The molecule has 0 saturated heterocycles. The number of ether oxygens (including phenoxy) is 1. The van der Waals surface area contributed by atoms with Crippen molar-refractivity contribution >= 4 is 21.6 Å². The predicted molar refractivity (Wildman–Crippen MR) is 98.0 cm³/mol. The Morgan fingerprint density at radius 1 is 1.19 bits per heavy atom. The largest absolute Gasteiger partial charge is 0.496 e. The molecule has 9 heteroatoms. The van der Waals surface area contributed by atoms with Crippen LogP contribution in [-0.2, 0) is 21.4 Å². The summed E-state index contributed by atoms with van der Waals surface area (Å²) in [5, 5.41) is 2.63. The summed E-state index contributed by atoms with van der Waals surface area (Å²) >= 11 is 0. The molecule has 0 aliphatic rings. The molecule has 0 unspecified atom stereocenters. The number of anilines is 1. The Morgan fingerprint density at radius 2 is 1.85 bits per heavy atom. The monoisotopic (exact) mass is 398 g/mol. The molecule has 2 aromatic carbocycles. The quantitative estimate of drug-likeness (QED) is 0.777. The summed E-state index contributed by atoms with van der Waals surface area (Å²) in [4.78, 5) is 12.5. The first kappa shape index (κ1) is 20.6. The van der Waals surface area contributed by atoms with Gasteiger partial charge in [-0.2, -0.15) is 0 Å². The number of hydrogen-bond donors (Lipinski definition) is 1. The minimum Gasteiger partial charge on any atom is -0.496 e. The molecule has 2 rings (SSSR count). The Morgan fingerprint density at radius 3 is 2.44 bits per heavy atom. The van der Waals surface area contributed by atoms with Gasteiger partial charge in [0.25, 0.3) is 0 Å². The lowest BCUT2D eigenvalue weighted by Gasteiger charge is -2.28. The molecule has 0 heterocycles. The van der Waals surface area contributed by atoms with Crippen molar-refractivity contribution in [2.45, 2.75) is 19.5 Å². The number of halogens is 2. The van der Waals surface area contributed by atoms with Crippen LogP contribution in [0.2, 0.25) is 0 Å². The molecule has 0 aromatic heterocycles. The van der Waals surface area contributed by atoms with Crippen molar-refractivity contribution in [1.29, 1.82) is 0 Å². The second kappa shape index (κ2) is 8.34. The van der Waals surface area contributed by atoms with E-state index in [4.69, 9.17) is 4.74 Å². The van der Waals surface area contributed by atoms with Crippen molar-refractivity contribution < 1.29 is 26.7 Å². The van der Waals surface area contributed by atoms with Crippen LogP contribution in [0.15, 0.2) is 42.5 Å². The molecule has 0 aliphatic carbocycles. The van der Waals surface area contributed by atoms with E-state index in [1.165, 1.54) is 14.0 Å². The maximum absolute atomic E-state index is 13.5.